The topological polar surface area (TPSA) is 144 Å². The van der Waals surface area contributed by atoms with Crippen molar-refractivity contribution in [1.29, 1.82) is 0 Å². The highest BCUT2D eigenvalue weighted by molar-refractivity contribution is 6.07. The molecule has 8 bridgehead atoms. The molecule has 10 nitrogen and oxygen atoms in total. The van der Waals surface area contributed by atoms with Crippen molar-refractivity contribution in [2.45, 2.75) is 79.1 Å². The summed E-state index contributed by atoms with van der Waals surface area (Å²) in [6.07, 6.45) is 5.67. The number of ketones is 2. The molecule has 6 rings (SSSR count). The number of allylic oxidation sites excluding steroid dienone is 4. The van der Waals surface area contributed by atoms with Crippen LogP contribution >= 0.6 is 0 Å². The maximum Gasteiger partial charge on any atom is 0.335 e. The molecule has 52 heavy (non-hydrogen) atoms. The van der Waals surface area contributed by atoms with Gasteiger partial charge in [-0.3, -0.25) is 4.98 Å². The second kappa shape index (κ2) is 13.8. The minimum Gasteiger partial charge on any atom is -0.466 e. The van der Waals surface area contributed by atoms with Gasteiger partial charge in [-0.1, -0.05) is 18.7 Å². The van der Waals surface area contributed by atoms with Crippen LogP contribution in [0.4, 0.5) is 0 Å². The number of nitrogens with one attached hydrogen (secondary N) is 2. The van der Waals surface area contributed by atoms with Gasteiger partial charge in [0.25, 0.3) is 0 Å². The van der Waals surface area contributed by atoms with Crippen molar-refractivity contribution in [3.05, 3.63) is 93.1 Å². The first-order valence-electron chi connectivity index (χ1n) is 17.4. The van der Waals surface area contributed by atoms with E-state index in [9.17, 15) is 19.2 Å². The summed E-state index contributed by atoms with van der Waals surface area (Å²) in [5, 5.41) is 0. The van der Waals surface area contributed by atoms with Crippen molar-refractivity contribution in [2.24, 2.45) is 0 Å². The van der Waals surface area contributed by atoms with Crippen molar-refractivity contribution in [2.75, 3.05) is 14.2 Å². The Labute approximate surface area is 302 Å². The number of carbonyl (C=O) groups excluding carboxylic acids is 4. The maximum atomic E-state index is 13.7. The Morgan fingerprint density at radius 1 is 0.808 bits per heavy atom. The minimum atomic E-state index is -1.17. The van der Waals surface area contributed by atoms with Gasteiger partial charge in [-0.25, -0.2) is 14.6 Å². The van der Waals surface area contributed by atoms with E-state index in [4.69, 9.17) is 19.4 Å². The van der Waals surface area contributed by atoms with Crippen molar-refractivity contribution >= 4 is 68.4 Å². The van der Waals surface area contributed by atoms with Gasteiger partial charge in [0.1, 0.15) is 11.6 Å². The minimum absolute atomic E-state index is 0.0813. The highest BCUT2D eigenvalue weighted by Gasteiger charge is 2.49. The van der Waals surface area contributed by atoms with Gasteiger partial charge in [0, 0.05) is 40.5 Å². The van der Waals surface area contributed by atoms with E-state index in [-0.39, 0.29) is 29.1 Å². The smallest absolute Gasteiger partial charge is 0.335 e. The Kier molecular flexibility index (Phi) is 9.61. The molecule has 0 spiro atoms. The fourth-order valence-corrected chi connectivity index (χ4v) is 7.70. The molecule has 3 aromatic rings. The fourth-order valence-electron chi connectivity index (χ4n) is 7.70. The van der Waals surface area contributed by atoms with E-state index >= 15 is 0 Å². The molecule has 0 saturated heterocycles. The van der Waals surface area contributed by atoms with E-state index < -0.39 is 17.4 Å². The molecule has 0 radical (unpaired) electrons. The molecule has 268 valence electrons. The number of carbonyl (C=O) groups is 4. The molecular formula is C42H44N4O6. The molecule has 0 saturated carbocycles. The second-order valence-corrected chi connectivity index (χ2v) is 13.9. The third-order valence-corrected chi connectivity index (χ3v) is 10.7. The molecule has 0 amide bonds. The lowest BCUT2D eigenvalue weighted by Gasteiger charge is -2.32. The van der Waals surface area contributed by atoms with Gasteiger partial charge in [0.05, 0.1) is 53.6 Å². The molecule has 10 heteroatoms. The number of fused-ring (bicyclic) bond motifs is 11. The Morgan fingerprint density at radius 3 is 2.08 bits per heavy atom. The van der Waals surface area contributed by atoms with Crippen LogP contribution in [-0.2, 0) is 40.5 Å². The fraction of sp³-hybridized carbons (Fsp3) is 0.333. The SMILES string of the molecule is C=Cc1c(C)c2cc3nc(cc4[nH]c(cc5nc(cc1[nH]2)C1(C)C5=CCC(C(=O)OC)=C1C(=O)OC)c(C)c4CCC(C)=O)C(CCC(C)=O)=C3C. The predicted molar refractivity (Wildman–Crippen MR) is 203 cm³/mol. The number of aromatic amines is 2. The molecule has 2 aliphatic heterocycles. The van der Waals surface area contributed by atoms with Crippen LogP contribution in [0.25, 0.3) is 44.9 Å². The number of aryl methyl sites for hydroxylation is 3. The van der Waals surface area contributed by atoms with Gasteiger partial charge in [-0.15, -0.1) is 0 Å². The van der Waals surface area contributed by atoms with Gasteiger partial charge in [-0.05, 0) is 118 Å². The van der Waals surface area contributed by atoms with E-state index in [1.165, 1.54) is 14.2 Å². The zero-order valence-electron chi connectivity index (χ0n) is 31.1. The summed E-state index contributed by atoms with van der Waals surface area (Å²) in [7, 11) is 2.59. The van der Waals surface area contributed by atoms with Crippen LogP contribution in [0.15, 0.2) is 48.1 Å². The first-order chi connectivity index (χ1) is 24.7. The molecule has 2 N–H and O–H groups in total. The number of rotatable bonds is 9. The van der Waals surface area contributed by atoms with Crippen molar-refractivity contribution < 1.29 is 28.7 Å². The molecule has 3 aliphatic rings. The third kappa shape index (κ3) is 6.06. The van der Waals surface area contributed by atoms with E-state index in [0.29, 0.717) is 37.1 Å². The van der Waals surface area contributed by atoms with E-state index in [2.05, 4.69) is 16.5 Å². The number of ether oxygens (including phenoxy) is 2. The molecule has 5 heterocycles. The van der Waals surface area contributed by atoms with E-state index in [1.54, 1.807) is 19.9 Å². The third-order valence-electron chi connectivity index (χ3n) is 10.7. The first-order valence-corrected chi connectivity index (χ1v) is 17.4. The zero-order valence-corrected chi connectivity index (χ0v) is 31.1. The molecule has 0 aromatic carbocycles. The molecule has 1 atom stereocenters. The van der Waals surface area contributed by atoms with Gasteiger partial charge in [-0.2, -0.15) is 0 Å². The summed E-state index contributed by atoms with van der Waals surface area (Å²) in [4.78, 5) is 68.6. The van der Waals surface area contributed by atoms with E-state index in [0.717, 1.165) is 72.4 Å². The van der Waals surface area contributed by atoms with Crippen LogP contribution < -0.4 is 0 Å². The lowest BCUT2D eigenvalue weighted by atomic mass is 9.68. The average Bonchev–Trinajstić information content (AvgIpc) is 3.76. The second-order valence-electron chi connectivity index (χ2n) is 13.9. The van der Waals surface area contributed by atoms with Crippen LogP contribution in [0.2, 0.25) is 0 Å². The highest BCUT2D eigenvalue weighted by Crippen LogP contribution is 2.51. The standard InChI is InChI=1S/C42H44N4O6/c1-10-26-23(4)31-17-32-24(5)27(13-11-21(2)47)34(43-32)19-35-28(14-12-22(3)48)25(6)33(44-35)18-37-30-16-15-29(40(49)51-8)39(41(50)52-9)42(30,7)38(46-37)20-36(26)45-31/h10,16-20,44-45H,1,11-15H2,2-9H3. The Bertz CT molecular complexity index is 2370. The van der Waals surface area contributed by atoms with Crippen molar-refractivity contribution in [3.63, 3.8) is 0 Å². The highest BCUT2D eigenvalue weighted by atomic mass is 16.5. The van der Waals surface area contributed by atoms with Crippen molar-refractivity contribution in [3.8, 4) is 0 Å². The number of H-pyrrole nitrogens is 2. The number of hydrogen-bond acceptors (Lipinski definition) is 8. The first kappa shape index (κ1) is 36.2. The summed E-state index contributed by atoms with van der Waals surface area (Å²) >= 11 is 0. The Balaban J connectivity index is 1.78. The van der Waals surface area contributed by atoms with Crippen molar-refractivity contribution in [1.82, 2.24) is 19.9 Å². The summed E-state index contributed by atoms with van der Waals surface area (Å²) in [5.41, 5.74) is 11.5. The summed E-state index contributed by atoms with van der Waals surface area (Å²) < 4.78 is 10.4. The van der Waals surface area contributed by atoms with Crippen LogP contribution in [-0.4, -0.2) is 57.7 Å². The lowest BCUT2D eigenvalue weighted by molar-refractivity contribution is -0.139. The maximum absolute atomic E-state index is 13.7. The molecule has 0 fully saturated rings. The monoisotopic (exact) mass is 700 g/mol. The van der Waals surface area contributed by atoms with Gasteiger partial charge in [0.2, 0.25) is 0 Å². The average molecular weight is 701 g/mol. The largest absolute Gasteiger partial charge is 0.466 e. The van der Waals surface area contributed by atoms with Gasteiger partial charge >= 0.3 is 11.9 Å². The normalized spacial score (nSPS) is 16.7. The van der Waals surface area contributed by atoms with Crippen LogP contribution in [0.1, 0.15) is 98.4 Å². The van der Waals surface area contributed by atoms with Crippen LogP contribution in [0, 0.1) is 13.8 Å². The van der Waals surface area contributed by atoms with Gasteiger partial charge < -0.3 is 29.0 Å². The summed E-state index contributed by atoms with van der Waals surface area (Å²) in [6.45, 7) is 15.2. The molecular weight excluding hydrogens is 656 g/mol. The van der Waals surface area contributed by atoms with Crippen LogP contribution in [0.5, 0.6) is 0 Å². The number of aromatic nitrogens is 4. The molecule has 1 aliphatic carbocycles. The molecule has 1 unspecified atom stereocenters. The number of esters is 2. The summed E-state index contributed by atoms with van der Waals surface area (Å²) in [5.74, 6) is -1.07. The number of Topliss-reactive ketones (excluding diaryl/α,β-unsaturated/α-hetero) is 2. The number of nitrogens with zero attached hydrogens (tertiary/aromatic N) is 2. The van der Waals surface area contributed by atoms with E-state index in [1.807, 2.05) is 58.0 Å². The zero-order chi connectivity index (χ0) is 37.6. The summed E-state index contributed by atoms with van der Waals surface area (Å²) in [6, 6.07) is 7.87. The predicted octanol–water partition coefficient (Wildman–Crippen LogP) is 7.78. The Morgan fingerprint density at radius 2 is 1.42 bits per heavy atom. The molecule has 3 aromatic heterocycles. The number of hydrogen-bond donors (Lipinski definition) is 2. The van der Waals surface area contributed by atoms with Gasteiger partial charge in [0.15, 0.2) is 0 Å². The Hall–Kier alpha value is -5.64. The quantitative estimate of drug-likeness (QED) is 0.215. The number of methoxy groups -OCH3 is 2. The lowest BCUT2D eigenvalue weighted by Crippen LogP contribution is -2.34. The van der Waals surface area contributed by atoms with Crippen LogP contribution in [0.3, 0.4) is 0 Å².